The van der Waals surface area contributed by atoms with Crippen LogP contribution < -0.4 is 4.74 Å². The van der Waals surface area contributed by atoms with Crippen LogP contribution in [0.1, 0.15) is 21.5 Å². The molecular weight excluding hydrogens is 222 g/mol. The van der Waals surface area contributed by atoms with Crippen molar-refractivity contribution in [3.8, 4) is 11.8 Å². The van der Waals surface area contributed by atoms with Crippen molar-refractivity contribution in [1.29, 1.82) is 5.26 Å². The molecule has 0 aliphatic rings. The van der Waals surface area contributed by atoms with E-state index in [0.717, 1.165) is 6.08 Å². The number of carboxylic acid groups (broad SMARTS) is 1. The summed E-state index contributed by atoms with van der Waals surface area (Å²) in [5.74, 6) is -0.897. The van der Waals surface area contributed by atoms with Gasteiger partial charge in [-0.25, -0.2) is 4.79 Å². The quantitative estimate of drug-likeness (QED) is 0.626. The van der Waals surface area contributed by atoms with E-state index in [0.29, 0.717) is 17.4 Å². The smallest absolute Gasteiger partial charge is 0.328 e. The summed E-state index contributed by atoms with van der Waals surface area (Å²) >= 11 is 0. The highest BCUT2D eigenvalue weighted by Gasteiger charge is 2.09. The minimum atomic E-state index is -1.13. The van der Waals surface area contributed by atoms with Crippen LogP contribution in [0.4, 0.5) is 0 Å². The first-order valence-corrected chi connectivity index (χ1v) is 4.60. The van der Waals surface area contributed by atoms with E-state index in [1.165, 1.54) is 25.3 Å². The Morgan fingerprint density at radius 1 is 1.53 bits per heavy atom. The molecule has 0 bridgehead atoms. The fourth-order valence-electron chi connectivity index (χ4n) is 1.30. The van der Waals surface area contributed by atoms with Gasteiger partial charge in [-0.05, 0) is 23.8 Å². The van der Waals surface area contributed by atoms with Gasteiger partial charge in [0.1, 0.15) is 23.7 Å². The van der Waals surface area contributed by atoms with Crippen LogP contribution in [0.15, 0.2) is 18.2 Å². The highest BCUT2D eigenvalue weighted by atomic mass is 16.5. The van der Waals surface area contributed by atoms with Gasteiger partial charge in [0.2, 0.25) is 0 Å². The molecule has 0 aliphatic heterocycles. The molecule has 0 saturated heterocycles. The lowest BCUT2D eigenvalue weighted by Crippen LogP contribution is -1.95. The number of hydrogen-bond acceptors (Lipinski definition) is 4. The minimum Gasteiger partial charge on any atom is -0.495 e. The second-order valence-electron chi connectivity index (χ2n) is 3.09. The molecule has 0 unspecified atom stereocenters. The van der Waals surface area contributed by atoms with Crippen molar-refractivity contribution in [1.82, 2.24) is 0 Å². The lowest BCUT2D eigenvalue weighted by molar-refractivity contribution is -0.131. The van der Waals surface area contributed by atoms with Crippen LogP contribution in [0, 0.1) is 11.3 Å². The van der Waals surface area contributed by atoms with Gasteiger partial charge in [0, 0.05) is 11.6 Å². The zero-order valence-electron chi connectivity index (χ0n) is 9.01. The van der Waals surface area contributed by atoms with Crippen LogP contribution in [-0.4, -0.2) is 24.5 Å². The topological polar surface area (TPSA) is 87.4 Å². The Morgan fingerprint density at radius 3 is 2.71 bits per heavy atom. The summed E-state index contributed by atoms with van der Waals surface area (Å²) in [5.41, 5.74) is 0.831. The maximum atomic E-state index is 10.7. The molecule has 0 radical (unpaired) electrons. The molecule has 0 aliphatic carbocycles. The Bertz CT molecular complexity index is 526. The third-order valence-electron chi connectivity index (χ3n) is 2.03. The zero-order chi connectivity index (χ0) is 12.8. The maximum Gasteiger partial charge on any atom is 0.328 e. The number of benzene rings is 1. The molecule has 1 N–H and O–H groups in total. The van der Waals surface area contributed by atoms with Gasteiger partial charge in [0.25, 0.3) is 0 Å². The predicted molar refractivity (Wildman–Crippen MR) is 59.8 cm³/mol. The molecule has 0 heterocycles. The monoisotopic (exact) mass is 231 g/mol. The summed E-state index contributed by atoms with van der Waals surface area (Å²) in [6.45, 7) is 0. The second kappa shape index (κ2) is 5.47. The molecule has 0 aromatic heterocycles. The number of hydrogen-bond donors (Lipinski definition) is 1. The van der Waals surface area contributed by atoms with Gasteiger partial charge < -0.3 is 9.84 Å². The Kier molecular flexibility index (Phi) is 4.01. The summed E-state index contributed by atoms with van der Waals surface area (Å²) in [4.78, 5) is 21.1. The molecule has 17 heavy (non-hydrogen) atoms. The van der Waals surface area contributed by atoms with Gasteiger partial charge in [-0.3, -0.25) is 4.79 Å². The molecule has 0 atom stereocenters. The molecule has 0 amide bonds. The number of aldehydes is 1. The van der Waals surface area contributed by atoms with Crippen molar-refractivity contribution >= 4 is 18.3 Å². The van der Waals surface area contributed by atoms with Gasteiger partial charge in [-0.1, -0.05) is 0 Å². The molecule has 5 heteroatoms. The third kappa shape index (κ3) is 2.92. The Morgan fingerprint density at radius 2 is 2.24 bits per heavy atom. The van der Waals surface area contributed by atoms with Crippen molar-refractivity contribution in [3.63, 3.8) is 0 Å². The SMILES string of the molecule is COc1cc(C=O)cc(/C=C/C(=O)O)c1C#N. The van der Waals surface area contributed by atoms with Crippen molar-refractivity contribution in [2.24, 2.45) is 0 Å². The van der Waals surface area contributed by atoms with E-state index in [4.69, 9.17) is 15.1 Å². The molecule has 0 spiro atoms. The Balaban J connectivity index is 3.40. The molecule has 0 saturated carbocycles. The molecule has 1 aromatic carbocycles. The first-order chi connectivity index (χ1) is 8.12. The first-order valence-electron chi connectivity index (χ1n) is 4.60. The fourth-order valence-corrected chi connectivity index (χ4v) is 1.30. The molecule has 1 aromatic rings. The standard InChI is InChI=1S/C12H9NO4/c1-17-11-5-8(7-14)4-9(10(11)6-13)2-3-12(15)16/h2-5,7H,1H3,(H,15,16)/b3-2+. The number of ether oxygens (including phenoxy) is 1. The summed E-state index contributed by atoms with van der Waals surface area (Å²) in [7, 11) is 1.37. The number of methoxy groups -OCH3 is 1. The van der Waals surface area contributed by atoms with Gasteiger partial charge in [-0.2, -0.15) is 5.26 Å². The van der Waals surface area contributed by atoms with E-state index in [-0.39, 0.29) is 11.3 Å². The number of nitrogens with zero attached hydrogens (tertiary/aromatic N) is 1. The molecule has 0 fully saturated rings. The summed E-state index contributed by atoms with van der Waals surface area (Å²) in [5, 5.41) is 17.5. The average Bonchev–Trinajstić information content (AvgIpc) is 2.34. The largest absolute Gasteiger partial charge is 0.495 e. The molecule has 1 rings (SSSR count). The van der Waals surface area contributed by atoms with Gasteiger partial charge in [0.05, 0.1) is 7.11 Å². The van der Waals surface area contributed by atoms with E-state index in [9.17, 15) is 9.59 Å². The number of rotatable bonds is 4. The van der Waals surface area contributed by atoms with Crippen LogP contribution in [0.5, 0.6) is 5.75 Å². The third-order valence-corrected chi connectivity index (χ3v) is 2.03. The first kappa shape index (κ1) is 12.5. The van der Waals surface area contributed by atoms with Crippen LogP contribution in [0.25, 0.3) is 6.08 Å². The van der Waals surface area contributed by atoms with E-state index in [1.807, 2.05) is 6.07 Å². The summed E-state index contributed by atoms with van der Waals surface area (Å²) in [6.07, 6.45) is 2.74. The van der Waals surface area contributed by atoms with Crippen LogP contribution in [-0.2, 0) is 4.79 Å². The van der Waals surface area contributed by atoms with Gasteiger partial charge >= 0.3 is 5.97 Å². The Labute approximate surface area is 97.6 Å². The number of aliphatic carboxylic acids is 1. The lowest BCUT2D eigenvalue weighted by atomic mass is 10.0. The number of carboxylic acids is 1. The molecule has 5 nitrogen and oxygen atoms in total. The highest BCUT2D eigenvalue weighted by molar-refractivity contribution is 5.87. The zero-order valence-corrected chi connectivity index (χ0v) is 9.01. The van der Waals surface area contributed by atoms with Crippen LogP contribution in [0.2, 0.25) is 0 Å². The lowest BCUT2D eigenvalue weighted by Gasteiger charge is -2.06. The minimum absolute atomic E-state index is 0.190. The number of carbonyl (C=O) groups excluding carboxylic acids is 1. The van der Waals surface area contributed by atoms with Crippen LogP contribution in [0.3, 0.4) is 0 Å². The molecule has 86 valence electrons. The van der Waals surface area contributed by atoms with E-state index in [1.54, 1.807) is 0 Å². The van der Waals surface area contributed by atoms with E-state index >= 15 is 0 Å². The maximum absolute atomic E-state index is 10.7. The Hall–Kier alpha value is -2.61. The average molecular weight is 231 g/mol. The summed E-state index contributed by atoms with van der Waals surface area (Å²) in [6, 6.07) is 4.75. The van der Waals surface area contributed by atoms with Crippen molar-refractivity contribution in [2.45, 2.75) is 0 Å². The second-order valence-corrected chi connectivity index (χ2v) is 3.09. The normalized spacial score (nSPS) is 9.88. The summed E-state index contributed by atoms with van der Waals surface area (Å²) < 4.78 is 4.96. The fraction of sp³-hybridized carbons (Fsp3) is 0.0833. The predicted octanol–water partition coefficient (Wildman–Crippen LogP) is 1.48. The highest BCUT2D eigenvalue weighted by Crippen LogP contribution is 2.24. The van der Waals surface area contributed by atoms with Gasteiger partial charge in [-0.15, -0.1) is 0 Å². The number of carbonyl (C=O) groups is 2. The van der Waals surface area contributed by atoms with Crippen molar-refractivity contribution < 1.29 is 19.4 Å². The van der Waals surface area contributed by atoms with Crippen molar-refractivity contribution in [3.05, 3.63) is 34.9 Å². The number of nitriles is 1. The van der Waals surface area contributed by atoms with Gasteiger partial charge in [0.15, 0.2) is 0 Å². The van der Waals surface area contributed by atoms with Crippen molar-refractivity contribution in [2.75, 3.05) is 7.11 Å². The van der Waals surface area contributed by atoms with E-state index in [2.05, 4.69) is 0 Å². The van der Waals surface area contributed by atoms with E-state index < -0.39 is 5.97 Å². The molecular formula is C12H9NO4. The van der Waals surface area contributed by atoms with Crippen LogP contribution >= 0.6 is 0 Å².